The van der Waals surface area contributed by atoms with Gasteiger partial charge < -0.3 is 15.0 Å². The van der Waals surface area contributed by atoms with Crippen molar-refractivity contribution in [1.82, 2.24) is 19.7 Å². The zero-order valence-corrected chi connectivity index (χ0v) is 12.2. The summed E-state index contributed by atoms with van der Waals surface area (Å²) in [5.41, 5.74) is 1.11. The highest BCUT2D eigenvalue weighted by molar-refractivity contribution is 5.94. The minimum absolute atomic E-state index is 0.0206. The van der Waals surface area contributed by atoms with E-state index in [1.165, 1.54) is 0 Å². The van der Waals surface area contributed by atoms with Gasteiger partial charge in [-0.2, -0.15) is 5.10 Å². The van der Waals surface area contributed by atoms with Crippen LogP contribution in [0.25, 0.3) is 0 Å². The third kappa shape index (κ3) is 2.72. The van der Waals surface area contributed by atoms with Crippen LogP contribution >= 0.6 is 0 Å². The molecule has 3 N–H and O–H groups in total. The Hall–Kier alpha value is -2.64. The molecule has 3 rings (SSSR count). The van der Waals surface area contributed by atoms with Gasteiger partial charge in [0.1, 0.15) is 11.5 Å². The smallest absolute Gasteiger partial charge is 0.354 e. The average Bonchev–Trinajstić information content (AvgIpc) is 3.02. The molecule has 22 heavy (non-hydrogen) atoms. The van der Waals surface area contributed by atoms with Gasteiger partial charge in [0.25, 0.3) is 0 Å². The van der Waals surface area contributed by atoms with E-state index < -0.39 is 5.97 Å². The number of H-pyrrole nitrogens is 1. The SMILES string of the molecule is Cc1c(NC(=O)Cc2cn3c(n2)CCCC3)n[nH]c1C(=O)O. The number of hydrogen-bond acceptors (Lipinski definition) is 4. The lowest BCUT2D eigenvalue weighted by atomic mass is 10.2. The first kappa shape index (κ1) is 14.3. The fourth-order valence-corrected chi connectivity index (χ4v) is 2.63. The molecule has 0 atom stereocenters. The van der Waals surface area contributed by atoms with Crippen LogP contribution in [-0.2, 0) is 24.2 Å². The van der Waals surface area contributed by atoms with E-state index in [9.17, 15) is 9.59 Å². The molecule has 0 aliphatic carbocycles. The number of anilines is 1. The number of amides is 1. The number of aromatic amines is 1. The van der Waals surface area contributed by atoms with Crippen LogP contribution in [0, 0.1) is 6.92 Å². The van der Waals surface area contributed by atoms with Gasteiger partial charge in [0.2, 0.25) is 5.91 Å². The number of aromatic nitrogens is 4. The van der Waals surface area contributed by atoms with E-state index in [-0.39, 0.29) is 23.8 Å². The third-order valence-electron chi connectivity index (χ3n) is 3.78. The van der Waals surface area contributed by atoms with E-state index in [2.05, 4.69) is 25.1 Å². The average molecular weight is 303 g/mol. The largest absolute Gasteiger partial charge is 0.477 e. The Kier molecular flexibility index (Phi) is 3.66. The second kappa shape index (κ2) is 5.63. The molecule has 0 bridgehead atoms. The molecule has 1 amide bonds. The van der Waals surface area contributed by atoms with Crippen molar-refractivity contribution in [1.29, 1.82) is 0 Å². The van der Waals surface area contributed by atoms with Gasteiger partial charge in [-0.05, 0) is 19.8 Å². The van der Waals surface area contributed by atoms with Crippen LogP contribution in [0.2, 0.25) is 0 Å². The number of fused-ring (bicyclic) bond motifs is 1. The zero-order chi connectivity index (χ0) is 15.7. The van der Waals surface area contributed by atoms with Crippen molar-refractivity contribution in [2.24, 2.45) is 0 Å². The molecule has 0 aromatic carbocycles. The van der Waals surface area contributed by atoms with Crippen molar-refractivity contribution >= 4 is 17.7 Å². The number of nitrogens with one attached hydrogen (secondary N) is 2. The van der Waals surface area contributed by atoms with Crippen LogP contribution in [0.5, 0.6) is 0 Å². The maximum Gasteiger partial charge on any atom is 0.354 e. The topological polar surface area (TPSA) is 113 Å². The lowest BCUT2D eigenvalue weighted by Crippen LogP contribution is -2.15. The van der Waals surface area contributed by atoms with E-state index in [4.69, 9.17) is 5.11 Å². The minimum atomic E-state index is -1.10. The Morgan fingerprint density at radius 2 is 2.27 bits per heavy atom. The van der Waals surface area contributed by atoms with Gasteiger partial charge in [0, 0.05) is 24.7 Å². The summed E-state index contributed by atoms with van der Waals surface area (Å²) in [6.07, 6.45) is 5.28. The highest BCUT2D eigenvalue weighted by atomic mass is 16.4. The standard InChI is InChI=1S/C14H17N5O3/c1-8-12(14(21)22)17-18-13(8)16-11(20)6-9-7-19-5-3-2-4-10(19)15-9/h7H,2-6H2,1H3,(H,21,22)(H2,16,17,18,20). The Bertz CT molecular complexity index is 707. The molecule has 1 aliphatic heterocycles. The first-order chi connectivity index (χ1) is 10.5. The van der Waals surface area contributed by atoms with Crippen LogP contribution in [0.3, 0.4) is 0 Å². The molecule has 0 unspecified atom stereocenters. The third-order valence-corrected chi connectivity index (χ3v) is 3.78. The summed E-state index contributed by atoms with van der Waals surface area (Å²) >= 11 is 0. The Labute approximate surface area is 126 Å². The summed E-state index contributed by atoms with van der Waals surface area (Å²) in [6, 6.07) is 0. The molecule has 2 aromatic heterocycles. The van der Waals surface area contributed by atoms with E-state index in [0.717, 1.165) is 37.3 Å². The quantitative estimate of drug-likeness (QED) is 0.783. The number of hydrogen-bond donors (Lipinski definition) is 3. The van der Waals surface area contributed by atoms with E-state index >= 15 is 0 Å². The minimum Gasteiger partial charge on any atom is -0.477 e. The molecule has 8 heteroatoms. The van der Waals surface area contributed by atoms with E-state index in [1.54, 1.807) is 6.92 Å². The first-order valence-electron chi connectivity index (χ1n) is 7.17. The maximum atomic E-state index is 12.1. The van der Waals surface area contributed by atoms with Crippen LogP contribution in [0.1, 0.15) is 40.4 Å². The summed E-state index contributed by atoms with van der Waals surface area (Å²) in [6.45, 7) is 2.54. The van der Waals surface area contributed by atoms with Gasteiger partial charge in [-0.1, -0.05) is 0 Å². The summed E-state index contributed by atoms with van der Waals surface area (Å²) in [5, 5.41) is 17.8. The number of carbonyl (C=O) groups excluding carboxylic acids is 1. The highest BCUT2D eigenvalue weighted by Crippen LogP contribution is 2.17. The van der Waals surface area contributed by atoms with Crippen molar-refractivity contribution in [2.75, 3.05) is 5.32 Å². The molecule has 0 spiro atoms. The van der Waals surface area contributed by atoms with Crippen LogP contribution in [-0.4, -0.2) is 36.7 Å². The van der Waals surface area contributed by atoms with Gasteiger partial charge in [-0.3, -0.25) is 9.89 Å². The van der Waals surface area contributed by atoms with Crippen molar-refractivity contribution < 1.29 is 14.7 Å². The molecule has 0 radical (unpaired) electrons. The van der Waals surface area contributed by atoms with Crippen LogP contribution in [0.4, 0.5) is 5.82 Å². The molecule has 0 saturated heterocycles. The molecule has 2 aromatic rings. The predicted octanol–water partition coefficient (Wildman–Crippen LogP) is 1.13. The van der Waals surface area contributed by atoms with Crippen molar-refractivity contribution in [3.63, 3.8) is 0 Å². The van der Waals surface area contributed by atoms with Crippen molar-refractivity contribution in [3.05, 3.63) is 29.0 Å². The first-order valence-corrected chi connectivity index (χ1v) is 7.17. The summed E-state index contributed by atoms with van der Waals surface area (Å²) < 4.78 is 2.09. The Morgan fingerprint density at radius 3 is 2.95 bits per heavy atom. The Balaban J connectivity index is 1.67. The summed E-state index contributed by atoms with van der Waals surface area (Å²) in [7, 11) is 0. The molecule has 1 aliphatic rings. The normalized spacial score (nSPS) is 13.7. The molecule has 3 heterocycles. The lowest BCUT2D eigenvalue weighted by Gasteiger charge is -2.11. The number of imidazole rings is 1. The van der Waals surface area contributed by atoms with Crippen LogP contribution < -0.4 is 5.32 Å². The van der Waals surface area contributed by atoms with Gasteiger partial charge in [-0.15, -0.1) is 0 Å². The van der Waals surface area contributed by atoms with Crippen molar-refractivity contribution in [2.45, 2.75) is 39.2 Å². The number of aryl methyl sites for hydroxylation is 2. The van der Waals surface area contributed by atoms with Gasteiger partial charge >= 0.3 is 5.97 Å². The lowest BCUT2D eigenvalue weighted by molar-refractivity contribution is -0.115. The highest BCUT2D eigenvalue weighted by Gasteiger charge is 2.18. The fourth-order valence-electron chi connectivity index (χ4n) is 2.63. The second-order valence-corrected chi connectivity index (χ2v) is 5.40. The van der Waals surface area contributed by atoms with E-state index in [0.29, 0.717) is 5.56 Å². The van der Waals surface area contributed by atoms with Gasteiger partial charge in [0.05, 0.1) is 12.1 Å². The van der Waals surface area contributed by atoms with Crippen molar-refractivity contribution in [3.8, 4) is 0 Å². The number of aromatic carboxylic acids is 1. The number of nitrogens with zero attached hydrogens (tertiary/aromatic N) is 3. The number of carbonyl (C=O) groups is 2. The second-order valence-electron chi connectivity index (χ2n) is 5.40. The predicted molar refractivity (Wildman–Crippen MR) is 77.8 cm³/mol. The summed E-state index contributed by atoms with van der Waals surface area (Å²) in [4.78, 5) is 27.5. The molecular weight excluding hydrogens is 286 g/mol. The molecule has 0 fully saturated rings. The number of rotatable bonds is 4. The Morgan fingerprint density at radius 1 is 1.45 bits per heavy atom. The van der Waals surface area contributed by atoms with Gasteiger partial charge in [-0.25, -0.2) is 9.78 Å². The molecule has 8 nitrogen and oxygen atoms in total. The number of carboxylic acid groups (broad SMARTS) is 1. The van der Waals surface area contributed by atoms with E-state index in [1.807, 2.05) is 6.20 Å². The molecule has 116 valence electrons. The van der Waals surface area contributed by atoms with Crippen LogP contribution in [0.15, 0.2) is 6.20 Å². The molecule has 0 saturated carbocycles. The zero-order valence-electron chi connectivity index (χ0n) is 12.2. The molecular formula is C14H17N5O3. The monoisotopic (exact) mass is 303 g/mol. The fraction of sp³-hybridized carbons (Fsp3) is 0.429. The van der Waals surface area contributed by atoms with Gasteiger partial charge in [0.15, 0.2) is 5.82 Å². The summed E-state index contributed by atoms with van der Waals surface area (Å²) in [5.74, 6) is -0.0983. The number of carboxylic acids is 1. The maximum absolute atomic E-state index is 12.1.